The fraction of sp³-hybridized carbons (Fsp3) is 0.0952. The van der Waals surface area contributed by atoms with Crippen molar-refractivity contribution in [1.82, 2.24) is 4.98 Å². The topological polar surface area (TPSA) is 59.7 Å². The molecule has 2 aliphatic rings. The van der Waals surface area contributed by atoms with Gasteiger partial charge in [-0.25, -0.2) is 4.98 Å². The summed E-state index contributed by atoms with van der Waals surface area (Å²) in [6.45, 7) is 3.87. The average molecular weight is 394 g/mol. The number of amides is 1. The molecule has 5 rings (SSSR count). The first-order valence-corrected chi connectivity index (χ1v) is 9.43. The summed E-state index contributed by atoms with van der Waals surface area (Å²) in [4.78, 5) is 17.7. The molecule has 1 aromatic heterocycles. The molecule has 0 saturated heterocycles. The van der Waals surface area contributed by atoms with Gasteiger partial charge in [-0.05, 0) is 37.1 Å². The van der Waals surface area contributed by atoms with E-state index in [4.69, 9.17) is 5.32 Å². The number of benzene rings is 2. The first-order chi connectivity index (χ1) is 13.1. The van der Waals surface area contributed by atoms with Crippen LogP contribution < -0.4 is 34.6 Å². The number of carbonyl (C=O) groups excluding carboxylic acids is 1. The van der Waals surface area contributed by atoms with Crippen LogP contribution in [0.5, 0.6) is 0 Å². The van der Waals surface area contributed by atoms with Gasteiger partial charge in [0.05, 0.1) is 21.5 Å². The third kappa shape index (κ3) is 3.02. The summed E-state index contributed by atoms with van der Waals surface area (Å²) in [5.41, 5.74) is 5.75. The monoisotopic (exact) mass is 394 g/mol. The normalized spacial score (nSPS) is 18.4. The van der Waals surface area contributed by atoms with E-state index in [0.717, 1.165) is 27.0 Å². The number of fused-ring (bicyclic) bond motifs is 2. The first kappa shape index (κ1) is 19.1. The fourth-order valence-electron chi connectivity index (χ4n) is 3.36. The molecule has 0 unspecified atom stereocenters. The maximum Gasteiger partial charge on any atom is 1.00 e. The van der Waals surface area contributed by atoms with E-state index < -0.39 is 0 Å². The predicted octanol–water partition coefficient (Wildman–Crippen LogP) is 2.40. The summed E-state index contributed by atoms with van der Waals surface area (Å²) in [7, 11) is 0. The van der Waals surface area contributed by atoms with Crippen LogP contribution in [0.3, 0.4) is 0 Å². The van der Waals surface area contributed by atoms with Crippen molar-refractivity contribution in [2.45, 2.75) is 13.8 Å². The smallest absolute Gasteiger partial charge is 0.657 e. The molecule has 2 aromatic carbocycles. The number of hydrogen-bond acceptors (Lipinski definition) is 4. The summed E-state index contributed by atoms with van der Waals surface area (Å²) in [6, 6.07) is 15.8. The van der Waals surface area contributed by atoms with Crippen molar-refractivity contribution < 1.29 is 34.4 Å². The summed E-state index contributed by atoms with van der Waals surface area (Å²) >= 11 is 1.46. The number of thiazole rings is 1. The van der Waals surface area contributed by atoms with Gasteiger partial charge >= 0.3 is 29.6 Å². The zero-order valence-corrected chi connectivity index (χ0v) is 18.6. The number of rotatable bonds is 1. The fourth-order valence-corrected chi connectivity index (χ4v) is 4.27. The molecule has 0 atom stereocenters. The largest absolute Gasteiger partial charge is 1.00 e. The number of allylic oxidation sites excluding steroid dienone is 2. The van der Waals surface area contributed by atoms with E-state index in [-0.39, 0.29) is 35.5 Å². The van der Waals surface area contributed by atoms with Crippen molar-refractivity contribution in [3.8, 4) is 0 Å². The van der Waals surface area contributed by atoms with Crippen LogP contribution in [0.1, 0.15) is 19.4 Å². The summed E-state index contributed by atoms with van der Waals surface area (Å²) in [5, 5.41) is 11.1. The van der Waals surface area contributed by atoms with Crippen molar-refractivity contribution in [2.75, 3.05) is 5.01 Å². The van der Waals surface area contributed by atoms with E-state index in [2.05, 4.69) is 10.1 Å². The molecular weight excluding hydrogens is 379 g/mol. The van der Waals surface area contributed by atoms with E-state index in [1.165, 1.54) is 16.3 Å². The second-order valence-corrected chi connectivity index (χ2v) is 7.49. The molecule has 5 nitrogen and oxygen atoms in total. The Morgan fingerprint density at radius 1 is 1.04 bits per heavy atom. The number of aromatic nitrogens is 1. The Hall–Kier alpha value is -2.25. The summed E-state index contributed by atoms with van der Waals surface area (Å²) in [6.07, 6.45) is 1.95. The van der Waals surface area contributed by atoms with Crippen LogP contribution in [-0.2, 0) is 4.79 Å². The van der Waals surface area contributed by atoms with Crippen LogP contribution >= 0.6 is 11.3 Å². The molecule has 3 aromatic rings. The Kier molecular flexibility index (Phi) is 4.97. The van der Waals surface area contributed by atoms with Gasteiger partial charge in [0, 0.05) is 0 Å². The third-order valence-electron chi connectivity index (χ3n) is 4.66. The van der Waals surface area contributed by atoms with Gasteiger partial charge in [0.2, 0.25) is 5.13 Å². The van der Waals surface area contributed by atoms with Gasteiger partial charge in [0.1, 0.15) is 0 Å². The van der Waals surface area contributed by atoms with Crippen molar-refractivity contribution >= 4 is 49.6 Å². The first-order valence-electron chi connectivity index (χ1n) is 8.61. The number of hydrogen-bond donors (Lipinski definition) is 0. The van der Waals surface area contributed by atoms with Gasteiger partial charge in [-0.1, -0.05) is 53.8 Å². The quantitative estimate of drug-likeness (QED) is 0.470. The molecule has 132 valence electrons. The molecule has 0 radical (unpaired) electrons. The standard InChI is InChI=1S/C21H16N4OS.Na/c1-12-11-17(22-15-8-4-3-7-14(12)15)19-13(2)24-25(20(19)26)21-23-16-9-5-6-10-18(16)27-21;/h3-11H,1-2H3,(H,22,24,26);/q;+1/p-1. The number of hydrazone groups is 1. The third-order valence-corrected chi connectivity index (χ3v) is 5.67. The van der Waals surface area contributed by atoms with Gasteiger partial charge in [-0.2, -0.15) is 10.1 Å². The van der Waals surface area contributed by atoms with Crippen molar-refractivity contribution in [2.24, 2.45) is 5.10 Å². The molecule has 0 fully saturated rings. The Morgan fingerprint density at radius 3 is 2.61 bits per heavy atom. The van der Waals surface area contributed by atoms with E-state index >= 15 is 0 Å². The van der Waals surface area contributed by atoms with Gasteiger partial charge in [0.15, 0.2) is 0 Å². The Labute approximate surface area is 188 Å². The van der Waals surface area contributed by atoms with Crippen LogP contribution in [0.2, 0.25) is 0 Å². The average Bonchev–Trinajstić information content (AvgIpc) is 3.22. The number of para-hydroxylation sites is 2. The Balaban J connectivity index is 0.00000192. The Bertz CT molecular complexity index is 1170. The van der Waals surface area contributed by atoms with E-state index in [1.807, 2.05) is 68.5 Å². The van der Waals surface area contributed by atoms with Crippen molar-refractivity contribution in [3.63, 3.8) is 0 Å². The molecule has 0 N–H and O–H groups in total. The second kappa shape index (κ2) is 7.29. The molecule has 2 aliphatic heterocycles. The van der Waals surface area contributed by atoms with Crippen LogP contribution in [0.25, 0.3) is 21.1 Å². The van der Waals surface area contributed by atoms with Crippen LogP contribution in [0.4, 0.5) is 10.8 Å². The van der Waals surface area contributed by atoms with Crippen LogP contribution in [-0.4, -0.2) is 16.6 Å². The number of carbonyl (C=O) groups is 1. The van der Waals surface area contributed by atoms with Crippen LogP contribution in [0.15, 0.2) is 71.0 Å². The van der Waals surface area contributed by atoms with Gasteiger partial charge in [-0.15, -0.1) is 11.4 Å². The SMILES string of the molecule is CC1=C/C(=C2\C(=O)N(c3nc4ccccc4s3)N=C2C)[N-]c2ccccc21.[Na+]. The van der Waals surface area contributed by atoms with E-state index in [0.29, 0.717) is 22.1 Å². The second-order valence-electron chi connectivity index (χ2n) is 6.48. The number of nitrogens with zero attached hydrogens (tertiary/aromatic N) is 4. The van der Waals surface area contributed by atoms with E-state index in [9.17, 15) is 4.79 Å². The minimum absolute atomic E-state index is 0. The van der Waals surface area contributed by atoms with Crippen LogP contribution in [0, 0.1) is 0 Å². The maximum absolute atomic E-state index is 13.1. The molecule has 7 heteroatoms. The molecule has 0 aliphatic carbocycles. The summed E-state index contributed by atoms with van der Waals surface area (Å²) in [5.74, 6) is -0.186. The molecule has 1 amide bonds. The Morgan fingerprint density at radius 2 is 1.79 bits per heavy atom. The molecular formula is C21H15N4NaOS. The zero-order chi connectivity index (χ0) is 18.5. The van der Waals surface area contributed by atoms with Crippen molar-refractivity contribution in [3.05, 3.63) is 76.8 Å². The molecule has 0 spiro atoms. The van der Waals surface area contributed by atoms with Gasteiger partial charge in [-0.3, -0.25) is 4.79 Å². The molecule has 28 heavy (non-hydrogen) atoms. The minimum Gasteiger partial charge on any atom is -0.657 e. The van der Waals surface area contributed by atoms with Gasteiger partial charge < -0.3 is 5.32 Å². The summed E-state index contributed by atoms with van der Waals surface area (Å²) < 4.78 is 1.03. The predicted molar refractivity (Wildman–Crippen MR) is 110 cm³/mol. The molecule has 3 heterocycles. The molecule has 0 saturated carbocycles. The van der Waals surface area contributed by atoms with Crippen molar-refractivity contribution in [1.29, 1.82) is 0 Å². The number of anilines is 1. The minimum atomic E-state index is -0.186. The zero-order valence-electron chi connectivity index (χ0n) is 15.8. The maximum atomic E-state index is 13.1. The molecule has 0 bridgehead atoms. The van der Waals surface area contributed by atoms with E-state index in [1.54, 1.807) is 0 Å². The van der Waals surface area contributed by atoms with Gasteiger partial charge in [0.25, 0.3) is 5.91 Å².